The molecule has 6 heteroatoms. The van der Waals surface area contributed by atoms with Gasteiger partial charge in [0.25, 0.3) is 0 Å². The summed E-state index contributed by atoms with van der Waals surface area (Å²) in [5.74, 6) is 1.52. The molecule has 1 aliphatic heterocycles. The molecule has 0 aliphatic carbocycles. The smallest absolute Gasteiger partial charge is 0.231 e. The van der Waals surface area contributed by atoms with Gasteiger partial charge in [-0.3, -0.25) is 4.79 Å². The van der Waals surface area contributed by atoms with Crippen LogP contribution in [0.1, 0.15) is 0 Å². The Balaban J connectivity index is 2.28. The van der Waals surface area contributed by atoms with Crippen molar-refractivity contribution in [3.63, 3.8) is 0 Å². The predicted molar refractivity (Wildman–Crippen MR) is 81.0 cm³/mol. The third-order valence-electron chi connectivity index (χ3n) is 3.99. The number of methoxy groups -OCH3 is 1. The Labute approximate surface area is 125 Å². The highest BCUT2D eigenvalue weighted by atomic mass is 16.7. The van der Waals surface area contributed by atoms with Gasteiger partial charge in [0.15, 0.2) is 11.5 Å². The highest BCUT2D eigenvalue weighted by molar-refractivity contribution is 6.00. The number of benzene rings is 2. The van der Waals surface area contributed by atoms with E-state index in [1.165, 1.54) is 13.2 Å². The number of aromatic hydroxyl groups is 1. The fourth-order valence-corrected chi connectivity index (χ4v) is 2.93. The van der Waals surface area contributed by atoms with Crippen molar-refractivity contribution in [2.45, 2.75) is 0 Å². The average Bonchev–Trinajstić information content (AvgIpc) is 2.99. The normalized spacial score (nSPS) is 13.0. The molecule has 22 heavy (non-hydrogen) atoms. The number of aromatic nitrogens is 1. The molecule has 6 nitrogen and oxygen atoms in total. The minimum Gasteiger partial charge on any atom is -0.507 e. The molecule has 1 aromatic heterocycles. The molecule has 3 aromatic rings. The second-order valence-electron chi connectivity index (χ2n) is 5.12. The van der Waals surface area contributed by atoms with Crippen LogP contribution in [-0.4, -0.2) is 23.6 Å². The molecule has 2 aromatic carbocycles. The van der Waals surface area contributed by atoms with E-state index in [1.807, 2.05) is 11.6 Å². The van der Waals surface area contributed by atoms with Crippen LogP contribution in [0.4, 0.5) is 0 Å². The molecule has 0 atom stereocenters. The molecule has 0 unspecified atom stereocenters. The topological polar surface area (TPSA) is 69.9 Å². The number of ether oxygens (including phenoxy) is 3. The molecule has 0 spiro atoms. The van der Waals surface area contributed by atoms with Crippen molar-refractivity contribution in [1.29, 1.82) is 0 Å². The summed E-state index contributed by atoms with van der Waals surface area (Å²) >= 11 is 0. The average molecular weight is 299 g/mol. The Bertz CT molecular complexity index is 990. The summed E-state index contributed by atoms with van der Waals surface area (Å²) in [6, 6.07) is 6.54. The van der Waals surface area contributed by atoms with Gasteiger partial charge in [-0.25, -0.2) is 0 Å². The fourth-order valence-electron chi connectivity index (χ4n) is 2.93. The van der Waals surface area contributed by atoms with Gasteiger partial charge in [-0.05, 0) is 12.1 Å². The van der Waals surface area contributed by atoms with E-state index in [4.69, 9.17) is 14.2 Å². The molecule has 0 fully saturated rings. The van der Waals surface area contributed by atoms with E-state index in [0.29, 0.717) is 33.7 Å². The Morgan fingerprint density at radius 1 is 1.27 bits per heavy atom. The summed E-state index contributed by atoms with van der Waals surface area (Å²) in [4.78, 5) is 12.7. The van der Waals surface area contributed by atoms with Gasteiger partial charge in [0.2, 0.25) is 12.2 Å². The Morgan fingerprint density at radius 2 is 2.09 bits per heavy atom. The van der Waals surface area contributed by atoms with Crippen LogP contribution in [0.2, 0.25) is 0 Å². The minimum absolute atomic E-state index is 0.102. The number of aryl methyl sites for hydroxylation is 1. The van der Waals surface area contributed by atoms with Crippen LogP contribution in [-0.2, 0) is 7.05 Å². The number of hydrogen-bond acceptors (Lipinski definition) is 5. The lowest BCUT2D eigenvalue weighted by Crippen LogP contribution is -2.10. The zero-order chi connectivity index (χ0) is 15.4. The minimum atomic E-state index is -0.249. The van der Waals surface area contributed by atoms with E-state index in [2.05, 4.69) is 0 Å². The van der Waals surface area contributed by atoms with Crippen LogP contribution < -0.4 is 19.6 Å². The molecule has 0 saturated carbocycles. The number of nitrogens with zero attached hydrogens (tertiary/aromatic N) is 1. The van der Waals surface area contributed by atoms with Gasteiger partial charge >= 0.3 is 0 Å². The Morgan fingerprint density at radius 3 is 2.86 bits per heavy atom. The Kier molecular flexibility index (Phi) is 2.51. The maximum absolute atomic E-state index is 12.7. The predicted octanol–water partition coefficient (Wildman–Crippen LogP) is 2.13. The summed E-state index contributed by atoms with van der Waals surface area (Å²) in [5.41, 5.74) is 0.958. The monoisotopic (exact) mass is 299 g/mol. The lowest BCUT2D eigenvalue weighted by Gasteiger charge is -2.14. The molecule has 0 bridgehead atoms. The summed E-state index contributed by atoms with van der Waals surface area (Å²) < 4.78 is 17.9. The summed E-state index contributed by atoms with van der Waals surface area (Å²) in [6.07, 6.45) is 0. The van der Waals surface area contributed by atoms with Crippen molar-refractivity contribution in [2.24, 2.45) is 7.05 Å². The summed E-state index contributed by atoms with van der Waals surface area (Å²) in [6.45, 7) is 0.129. The standard InChI is InChI=1S/C16H13NO5/c1-17-10-5-8(20-2)6-11(18)13(10)15(19)9-3-4-12-16(14(9)17)22-7-21-12/h3-6,18H,7H2,1-2H3. The van der Waals surface area contributed by atoms with Crippen molar-refractivity contribution >= 4 is 21.8 Å². The first-order valence-corrected chi connectivity index (χ1v) is 6.74. The quantitative estimate of drug-likeness (QED) is 0.697. The van der Waals surface area contributed by atoms with E-state index in [1.54, 1.807) is 18.2 Å². The molecule has 0 amide bonds. The van der Waals surface area contributed by atoms with E-state index >= 15 is 0 Å². The molecule has 112 valence electrons. The lowest BCUT2D eigenvalue weighted by molar-refractivity contribution is 0.174. The third-order valence-corrected chi connectivity index (χ3v) is 3.99. The Hall–Kier alpha value is -2.89. The highest BCUT2D eigenvalue weighted by Gasteiger charge is 2.22. The molecule has 0 radical (unpaired) electrons. The van der Waals surface area contributed by atoms with E-state index < -0.39 is 0 Å². The second kappa shape index (κ2) is 4.30. The van der Waals surface area contributed by atoms with Gasteiger partial charge in [0, 0.05) is 19.2 Å². The first-order valence-electron chi connectivity index (χ1n) is 6.74. The van der Waals surface area contributed by atoms with Gasteiger partial charge in [-0.1, -0.05) is 0 Å². The zero-order valence-electron chi connectivity index (χ0n) is 12.0. The van der Waals surface area contributed by atoms with Crippen molar-refractivity contribution in [2.75, 3.05) is 13.9 Å². The molecule has 4 rings (SSSR count). The van der Waals surface area contributed by atoms with Gasteiger partial charge in [0.1, 0.15) is 11.5 Å². The van der Waals surface area contributed by atoms with Gasteiger partial charge in [0.05, 0.1) is 28.9 Å². The van der Waals surface area contributed by atoms with Crippen LogP contribution in [0, 0.1) is 0 Å². The highest BCUT2D eigenvalue weighted by Crippen LogP contribution is 2.40. The van der Waals surface area contributed by atoms with Crippen molar-refractivity contribution in [1.82, 2.24) is 4.57 Å². The maximum atomic E-state index is 12.7. The number of fused-ring (bicyclic) bond motifs is 4. The summed E-state index contributed by atoms with van der Waals surface area (Å²) in [7, 11) is 3.32. The maximum Gasteiger partial charge on any atom is 0.231 e. The number of pyridine rings is 1. The van der Waals surface area contributed by atoms with Crippen LogP contribution in [0.25, 0.3) is 21.8 Å². The van der Waals surface area contributed by atoms with Crippen LogP contribution in [0.3, 0.4) is 0 Å². The van der Waals surface area contributed by atoms with Crippen molar-refractivity contribution < 1.29 is 19.3 Å². The van der Waals surface area contributed by atoms with Crippen molar-refractivity contribution in [3.8, 4) is 23.0 Å². The largest absolute Gasteiger partial charge is 0.507 e. The molecule has 0 saturated heterocycles. The molecule has 1 N–H and O–H groups in total. The second-order valence-corrected chi connectivity index (χ2v) is 5.12. The number of hydrogen-bond donors (Lipinski definition) is 1. The first-order chi connectivity index (χ1) is 10.6. The number of rotatable bonds is 1. The van der Waals surface area contributed by atoms with Crippen molar-refractivity contribution in [3.05, 3.63) is 34.5 Å². The van der Waals surface area contributed by atoms with Crippen LogP contribution >= 0.6 is 0 Å². The fraction of sp³-hybridized carbons (Fsp3) is 0.188. The number of phenolic OH excluding ortho intramolecular Hbond substituents is 1. The molecule has 1 aliphatic rings. The first kappa shape index (κ1) is 12.8. The SMILES string of the molecule is COc1cc(O)c2c(=O)c3ccc4c(c3n(C)c2c1)OCO4. The molecular weight excluding hydrogens is 286 g/mol. The number of phenols is 1. The third kappa shape index (κ3) is 1.52. The van der Waals surface area contributed by atoms with Gasteiger partial charge in [-0.2, -0.15) is 0 Å². The van der Waals surface area contributed by atoms with E-state index in [0.717, 1.165) is 0 Å². The molecular formula is C16H13NO5. The van der Waals surface area contributed by atoms with E-state index in [-0.39, 0.29) is 23.4 Å². The molecule has 2 heterocycles. The van der Waals surface area contributed by atoms with Gasteiger partial charge < -0.3 is 23.9 Å². The summed E-state index contributed by atoms with van der Waals surface area (Å²) in [5, 5.41) is 10.9. The van der Waals surface area contributed by atoms with E-state index in [9.17, 15) is 9.90 Å². The lowest BCUT2D eigenvalue weighted by atomic mass is 10.1. The zero-order valence-corrected chi connectivity index (χ0v) is 12.0. The van der Waals surface area contributed by atoms with Gasteiger partial charge in [-0.15, -0.1) is 0 Å². The van der Waals surface area contributed by atoms with Crippen LogP contribution in [0.5, 0.6) is 23.0 Å². The van der Waals surface area contributed by atoms with Crippen LogP contribution in [0.15, 0.2) is 29.1 Å².